The van der Waals surface area contributed by atoms with E-state index >= 15 is 0 Å². The predicted molar refractivity (Wildman–Crippen MR) is 66.6 cm³/mol. The molecule has 1 saturated heterocycles. The van der Waals surface area contributed by atoms with Crippen LogP contribution in [0.1, 0.15) is 18.2 Å². The molecule has 0 amide bonds. The van der Waals surface area contributed by atoms with E-state index < -0.39 is 0 Å². The summed E-state index contributed by atoms with van der Waals surface area (Å²) in [4.78, 5) is 4.49. The quantitative estimate of drug-likeness (QED) is 0.795. The van der Waals surface area contributed by atoms with Gasteiger partial charge in [0.15, 0.2) is 0 Å². The van der Waals surface area contributed by atoms with Gasteiger partial charge in [-0.3, -0.25) is 0 Å². The Morgan fingerprint density at radius 2 is 2.67 bits per heavy atom. The Morgan fingerprint density at radius 3 is 3.33 bits per heavy atom. The first-order valence-electron chi connectivity index (χ1n) is 5.29. The van der Waals surface area contributed by atoms with E-state index in [4.69, 9.17) is 0 Å². The van der Waals surface area contributed by atoms with Crippen LogP contribution in [0, 0.1) is 6.92 Å². The lowest BCUT2D eigenvalue weighted by Gasteiger charge is -2.14. The Bertz CT molecular complexity index is 340. The number of anilines is 1. The largest absolute Gasteiger partial charge is 0.352 e. The monoisotopic (exact) mass is 223 g/mol. The minimum absolute atomic E-state index is 0.614. The third-order valence-electron chi connectivity index (χ3n) is 2.56. The lowest BCUT2D eigenvalue weighted by Crippen LogP contribution is -2.12. The van der Waals surface area contributed by atoms with Crippen LogP contribution in [-0.2, 0) is 0 Å². The van der Waals surface area contributed by atoms with Gasteiger partial charge in [-0.05, 0) is 19.1 Å². The minimum Gasteiger partial charge on any atom is -0.352 e. The van der Waals surface area contributed by atoms with Gasteiger partial charge in [0.25, 0.3) is 0 Å². The summed E-state index contributed by atoms with van der Waals surface area (Å²) >= 11 is 2.02. The molecule has 1 fully saturated rings. The van der Waals surface area contributed by atoms with Gasteiger partial charge in [-0.25, -0.2) is 4.98 Å². The second kappa shape index (κ2) is 4.75. The van der Waals surface area contributed by atoms with Gasteiger partial charge in [0.05, 0.1) is 5.69 Å². The number of aromatic nitrogens is 2. The normalized spacial score (nSPS) is 20.5. The summed E-state index contributed by atoms with van der Waals surface area (Å²) in [6.07, 6.45) is 5.25. The van der Waals surface area contributed by atoms with Crippen LogP contribution in [0.4, 0.5) is 5.95 Å². The zero-order valence-electron chi connectivity index (χ0n) is 9.07. The van der Waals surface area contributed by atoms with Crippen molar-refractivity contribution >= 4 is 17.7 Å². The Morgan fingerprint density at radius 1 is 1.80 bits per heavy atom. The number of hydrogen-bond donors (Lipinski definition) is 1. The van der Waals surface area contributed by atoms with E-state index in [1.165, 1.54) is 17.9 Å². The van der Waals surface area contributed by atoms with Gasteiger partial charge in [-0.1, -0.05) is 6.08 Å². The smallest absolute Gasteiger partial charge is 0.203 e. The van der Waals surface area contributed by atoms with Crippen LogP contribution in [0.2, 0.25) is 0 Å². The third kappa shape index (κ3) is 2.37. The number of thioether (sulfide) groups is 1. The molecular weight excluding hydrogens is 206 g/mol. The Hall–Kier alpha value is -0.900. The molecule has 82 valence electrons. The first-order valence-corrected chi connectivity index (χ1v) is 6.44. The first-order chi connectivity index (χ1) is 7.31. The van der Waals surface area contributed by atoms with E-state index in [-0.39, 0.29) is 0 Å². The molecule has 1 aromatic rings. The number of nitrogens with zero attached hydrogens (tertiary/aromatic N) is 2. The molecule has 0 radical (unpaired) electrons. The Labute approximate surface area is 95.0 Å². The zero-order valence-corrected chi connectivity index (χ0v) is 9.89. The summed E-state index contributed by atoms with van der Waals surface area (Å²) in [5.74, 6) is 3.46. The summed E-state index contributed by atoms with van der Waals surface area (Å²) < 4.78 is 2.28. The lowest BCUT2D eigenvalue weighted by atomic mass is 10.2. The highest BCUT2D eigenvalue weighted by molar-refractivity contribution is 7.99. The van der Waals surface area contributed by atoms with Crippen LogP contribution in [0.15, 0.2) is 18.9 Å². The summed E-state index contributed by atoms with van der Waals surface area (Å²) in [6, 6.07) is 0.614. The van der Waals surface area contributed by atoms with E-state index in [0.29, 0.717) is 6.04 Å². The first kappa shape index (κ1) is 10.6. The van der Waals surface area contributed by atoms with E-state index in [1.807, 2.05) is 24.8 Å². The maximum atomic E-state index is 4.49. The molecule has 0 aromatic carbocycles. The summed E-state index contributed by atoms with van der Waals surface area (Å²) in [7, 11) is 0. The van der Waals surface area contributed by atoms with E-state index in [1.54, 1.807) is 0 Å². The van der Waals surface area contributed by atoms with Gasteiger partial charge in [0.2, 0.25) is 5.95 Å². The Balaban J connectivity index is 2.16. The molecule has 2 heterocycles. The van der Waals surface area contributed by atoms with Crippen molar-refractivity contribution in [1.29, 1.82) is 0 Å². The molecule has 1 aliphatic rings. The van der Waals surface area contributed by atoms with Crippen LogP contribution in [0.25, 0.3) is 0 Å². The van der Waals surface area contributed by atoms with Gasteiger partial charge in [0.1, 0.15) is 0 Å². The second-order valence-corrected chi connectivity index (χ2v) is 4.95. The van der Waals surface area contributed by atoms with Gasteiger partial charge in [-0.15, -0.1) is 6.58 Å². The average molecular weight is 223 g/mol. The number of rotatable bonds is 4. The third-order valence-corrected chi connectivity index (χ3v) is 3.70. The number of imidazole rings is 1. The van der Waals surface area contributed by atoms with Crippen LogP contribution in [-0.4, -0.2) is 27.6 Å². The van der Waals surface area contributed by atoms with E-state index in [0.717, 1.165) is 18.2 Å². The number of aryl methyl sites for hydroxylation is 1. The summed E-state index contributed by atoms with van der Waals surface area (Å²) in [5, 5.41) is 3.29. The summed E-state index contributed by atoms with van der Waals surface area (Å²) in [6.45, 7) is 6.52. The fourth-order valence-corrected chi connectivity index (χ4v) is 3.03. The molecule has 1 unspecified atom stereocenters. The molecule has 2 rings (SSSR count). The van der Waals surface area contributed by atoms with Crippen LogP contribution >= 0.6 is 11.8 Å². The molecule has 0 bridgehead atoms. The van der Waals surface area contributed by atoms with Crippen molar-refractivity contribution in [1.82, 2.24) is 9.55 Å². The molecule has 1 atom stereocenters. The van der Waals surface area contributed by atoms with Gasteiger partial charge >= 0.3 is 0 Å². The molecule has 0 saturated carbocycles. The van der Waals surface area contributed by atoms with Gasteiger partial charge in [-0.2, -0.15) is 11.8 Å². The fourth-order valence-electron chi connectivity index (χ4n) is 1.83. The molecule has 15 heavy (non-hydrogen) atoms. The van der Waals surface area contributed by atoms with Crippen molar-refractivity contribution in [3.05, 3.63) is 24.5 Å². The highest BCUT2D eigenvalue weighted by Crippen LogP contribution is 2.30. The van der Waals surface area contributed by atoms with Crippen LogP contribution < -0.4 is 5.32 Å². The zero-order chi connectivity index (χ0) is 10.7. The fraction of sp³-hybridized carbons (Fsp3) is 0.545. The molecule has 4 heteroatoms. The van der Waals surface area contributed by atoms with Crippen molar-refractivity contribution < 1.29 is 0 Å². The van der Waals surface area contributed by atoms with Crippen LogP contribution in [0.5, 0.6) is 0 Å². The van der Waals surface area contributed by atoms with E-state index in [2.05, 4.69) is 27.6 Å². The number of hydrogen-bond acceptors (Lipinski definition) is 3. The van der Waals surface area contributed by atoms with Crippen molar-refractivity contribution in [2.45, 2.75) is 19.4 Å². The Kier molecular flexibility index (Phi) is 3.36. The average Bonchev–Trinajstić information content (AvgIpc) is 2.83. The SMILES string of the molecule is C=CCNc1nc(C)cn1C1CCSC1. The second-order valence-electron chi connectivity index (χ2n) is 3.80. The molecular formula is C11H17N3S. The molecule has 1 N–H and O–H groups in total. The van der Waals surface area contributed by atoms with Gasteiger partial charge in [0, 0.05) is 24.5 Å². The van der Waals surface area contributed by atoms with Crippen molar-refractivity contribution in [3.8, 4) is 0 Å². The van der Waals surface area contributed by atoms with Crippen molar-refractivity contribution in [2.75, 3.05) is 23.4 Å². The van der Waals surface area contributed by atoms with Crippen molar-refractivity contribution in [2.24, 2.45) is 0 Å². The molecule has 0 aliphatic carbocycles. The van der Waals surface area contributed by atoms with Crippen LogP contribution in [0.3, 0.4) is 0 Å². The van der Waals surface area contributed by atoms with E-state index in [9.17, 15) is 0 Å². The number of nitrogens with one attached hydrogen (secondary N) is 1. The highest BCUT2D eigenvalue weighted by atomic mass is 32.2. The molecule has 0 spiro atoms. The highest BCUT2D eigenvalue weighted by Gasteiger charge is 2.20. The maximum absolute atomic E-state index is 4.49. The predicted octanol–water partition coefficient (Wildman–Crippen LogP) is 2.47. The standard InChI is InChI=1S/C11H17N3S/c1-3-5-12-11-13-9(2)7-14(11)10-4-6-15-8-10/h3,7,10H,1,4-6,8H2,2H3,(H,12,13). The minimum atomic E-state index is 0.614. The van der Waals surface area contributed by atoms with Gasteiger partial charge < -0.3 is 9.88 Å². The summed E-state index contributed by atoms with van der Waals surface area (Å²) in [5.41, 5.74) is 1.08. The topological polar surface area (TPSA) is 29.9 Å². The lowest BCUT2D eigenvalue weighted by molar-refractivity contribution is 0.565. The molecule has 3 nitrogen and oxygen atoms in total. The van der Waals surface area contributed by atoms with Crippen molar-refractivity contribution in [3.63, 3.8) is 0 Å². The maximum Gasteiger partial charge on any atom is 0.203 e. The molecule has 1 aliphatic heterocycles. The molecule has 1 aromatic heterocycles.